The van der Waals surface area contributed by atoms with E-state index < -0.39 is 9.84 Å². The predicted octanol–water partition coefficient (Wildman–Crippen LogP) is 3.82. The molecule has 15 nitrogen and oxygen atoms in total. The van der Waals surface area contributed by atoms with Crippen LogP contribution >= 0.6 is 11.6 Å². The second kappa shape index (κ2) is 15.6. The fourth-order valence-corrected chi connectivity index (χ4v) is 6.82. The molecule has 48 heavy (non-hydrogen) atoms. The van der Waals surface area contributed by atoms with Crippen LogP contribution in [0.25, 0.3) is 11.3 Å². The summed E-state index contributed by atoms with van der Waals surface area (Å²) in [5.41, 5.74) is 1.99. The van der Waals surface area contributed by atoms with Crippen molar-refractivity contribution in [3.05, 3.63) is 48.0 Å². The highest BCUT2D eigenvalue weighted by molar-refractivity contribution is 7.91. The molecule has 4 aromatic rings. The lowest BCUT2D eigenvalue weighted by atomic mass is 9.90. The van der Waals surface area contributed by atoms with Gasteiger partial charge in [-0.2, -0.15) is 0 Å². The van der Waals surface area contributed by atoms with Crippen molar-refractivity contribution >= 4 is 33.1 Å². The smallest absolute Gasteiger partial charge is 0.256 e. The Balaban J connectivity index is 1.17. The van der Waals surface area contributed by atoms with Crippen LogP contribution in [0.2, 0.25) is 5.02 Å². The van der Waals surface area contributed by atoms with Gasteiger partial charge in [0.05, 0.1) is 48.5 Å². The van der Waals surface area contributed by atoms with E-state index in [0.29, 0.717) is 46.6 Å². The highest BCUT2D eigenvalue weighted by Gasteiger charge is 2.29. The molecule has 17 heteroatoms. The van der Waals surface area contributed by atoms with E-state index in [1.54, 1.807) is 29.9 Å². The number of morpholine rings is 1. The first-order valence-electron chi connectivity index (χ1n) is 16.3. The van der Waals surface area contributed by atoms with Gasteiger partial charge in [-0.3, -0.25) is 9.58 Å². The maximum absolute atomic E-state index is 12.1. The maximum Gasteiger partial charge on any atom is 0.256 e. The summed E-state index contributed by atoms with van der Waals surface area (Å²) in [7, 11) is -3.20. The minimum atomic E-state index is -3.20. The molecule has 0 bridgehead atoms. The van der Waals surface area contributed by atoms with Crippen LogP contribution in [-0.4, -0.2) is 110 Å². The maximum atomic E-state index is 12.1. The van der Waals surface area contributed by atoms with Crippen LogP contribution in [-0.2, 0) is 21.1 Å². The molecule has 1 N–H and O–H groups in total. The molecule has 2 aliphatic rings. The molecule has 0 unspecified atom stereocenters. The summed E-state index contributed by atoms with van der Waals surface area (Å²) in [6.45, 7) is 7.52. The molecule has 0 spiro atoms. The largest absolute Gasteiger partial charge is 0.487 e. The quantitative estimate of drug-likeness (QED) is 0.202. The summed E-state index contributed by atoms with van der Waals surface area (Å²) in [6, 6.07) is 8.01. The molecule has 0 radical (unpaired) electrons. The Kier molecular flexibility index (Phi) is 11.0. The Morgan fingerprint density at radius 1 is 1.12 bits per heavy atom. The van der Waals surface area contributed by atoms with E-state index >= 15 is 0 Å². The van der Waals surface area contributed by atoms with Crippen LogP contribution in [0.3, 0.4) is 0 Å². The Labute approximate surface area is 284 Å². The lowest BCUT2D eigenvalue weighted by molar-refractivity contribution is 0.00503. The molecule has 1 aliphatic carbocycles. The number of sulfone groups is 1. The van der Waals surface area contributed by atoms with Crippen molar-refractivity contribution in [3.63, 3.8) is 0 Å². The Hall–Kier alpha value is -3.86. The summed E-state index contributed by atoms with van der Waals surface area (Å²) in [5, 5.41) is 19.7. The van der Waals surface area contributed by atoms with Crippen LogP contribution in [0.4, 0.5) is 11.6 Å². The molecule has 0 amide bonds. The van der Waals surface area contributed by atoms with E-state index in [4.69, 9.17) is 35.9 Å². The number of rotatable bonds is 14. The fraction of sp³-hybridized carbons (Fsp3) is 0.548. The number of nitrogens with one attached hydrogen (secondary N) is 1. The highest BCUT2D eigenvalue weighted by atomic mass is 35.5. The van der Waals surface area contributed by atoms with Crippen molar-refractivity contribution in [1.82, 2.24) is 44.9 Å². The second-order valence-electron chi connectivity index (χ2n) is 12.0. The van der Waals surface area contributed by atoms with Crippen LogP contribution < -0.4 is 14.8 Å². The van der Waals surface area contributed by atoms with E-state index in [1.807, 2.05) is 29.9 Å². The summed E-state index contributed by atoms with van der Waals surface area (Å²) in [4.78, 5) is 11.7. The van der Waals surface area contributed by atoms with Crippen molar-refractivity contribution in [1.29, 1.82) is 0 Å². The molecule has 6 rings (SSSR count). The van der Waals surface area contributed by atoms with Gasteiger partial charge >= 0.3 is 0 Å². The zero-order valence-electron chi connectivity index (χ0n) is 27.1. The SMILES string of the molecule is CCS(=O)(=O)CCOc1nn(C2CCC(N3CCOCC3)CC2)cc1Nc1nccc(-c2ccc(Cl)c(O[C@@H](C)Cn3cnnn3)c2)n1. The Morgan fingerprint density at radius 2 is 1.92 bits per heavy atom. The molecule has 1 saturated carbocycles. The average molecular weight is 701 g/mol. The number of ether oxygens (including phenoxy) is 3. The van der Waals surface area contributed by atoms with E-state index in [1.165, 1.54) is 6.33 Å². The van der Waals surface area contributed by atoms with Gasteiger partial charge in [0.25, 0.3) is 5.88 Å². The molecular formula is C31H41ClN10O5S. The van der Waals surface area contributed by atoms with Gasteiger partial charge in [0.15, 0.2) is 9.84 Å². The number of nitrogens with zero attached hydrogens (tertiary/aromatic N) is 9. The normalized spacial score (nSPS) is 19.6. The van der Waals surface area contributed by atoms with Crippen molar-refractivity contribution in [3.8, 4) is 22.9 Å². The van der Waals surface area contributed by atoms with Crippen molar-refractivity contribution in [2.45, 2.75) is 64.3 Å². The summed E-state index contributed by atoms with van der Waals surface area (Å²) < 4.78 is 45.4. The summed E-state index contributed by atoms with van der Waals surface area (Å²) in [5.74, 6) is 1.11. The molecule has 4 heterocycles. The summed E-state index contributed by atoms with van der Waals surface area (Å²) >= 11 is 6.47. The van der Waals surface area contributed by atoms with Crippen LogP contribution in [0.1, 0.15) is 45.6 Å². The number of aromatic nitrogens is 8. The number of benzene rings is 1. The standard InChI is InChI=1S/C31H41ClN10O5S/c1-3-48(43,44)17-16-46-30-28(20-42(37-30)25-7-5-24(6-8-25)40-12-14-45-15-13-40)36-31-33-11-10-27(35-31)23-4-9-26(32)29(18-23)47-22(2)19-41-21-34-38-39-41/h4,9-11,18,20-22,24-25H,3,5-8,12-17,19H2,1-2H3,(H,33,35,36)/t22-,24?,25?/m0/s1. The highest BCUT2D eigenvalue weighted by Crippen LogP contribution is 2.35. The van der Waals surface area contributed by atoms with Crippen molar-refractivity contribution in [2.75, 3.05) is 49.7 Å². The van der Waals surface area contributed by atoms with Gasteiger partial charge in [0.2, 0.25) is 5.95 Å². The lowest BCUT2D eigenvalue weighted by Gasteiger charge is -2.38. The average Bonchev–Trinajstić information content (AvgIpc) is 3.76. The molecule has 1 aliphatic heterocycles. The number of anilines is 2. The zero-order chi connectivity index (χ0) is 33.5. The van der Waals surface area contributed by atoms with Crippen LogP contribution in [0.5, 0.6) is 11.6 Å². The van der Waals surface area contributed by atoms with E-state index in [-0.39, 0.29) is 30.3 Å². The van der Waals surface area contributed by atoms with E-state index in [9.17, 15) is 8.42 Å². The van der Waals surface area contributed by atoms with Crippen molar-refractivity contribution in [2.24, 2.45) is 0 Å². The molecule has 3 aromatic heterocycles. The molecule has 1 saturated heterocycles. The molecular weight excluding hydrogens is 660 g/mol. The number of halogens is 1. The monoisotopic (exact) mass is 700 g/mol. The first-order chi connectivity index (χ1) is 23.3. The minimum absolute atomic E-state index is 0.00801. The molecule has 2 fully saturated rings. The van der Waals surface area contributed by atoms with Gasteiger partial charge in [-0.25, -0.2) is 23.1 Å². The van der Waals surface area contributed by atoms with Gasteiger partial charge < -0.3 is 19.5 Å². The fourth-order valence-electron chi connectivity index (χ4n) is 6.03. The zero-order valence-corrected chi connectivity index (χ0v) is 28.7. The number of hydrogen-bond donors (Lipinski definition) is 1. The van der Waals surface area contributed by atoms with Gasteiger partial charge in [0.1, 0.15) is 30.5 Å². The van der Waals surface area contributed by atoms with Gasteiger partial charge in [0, 0.05) is 36.6 Å². The minimum Gasteiger partial charge on any atom is -0.487 e. The Bertz CT molecular complexity index is 1740. The molecule has 1 aromatic carbocycles. The third kappa shape index (κ3) is 8.78. The number of hydrogen-bond acceptors (Lipinski definition) is 13. The second-order valence-corrected chi connectivity index (χ2v) is 14.9. The first-order valence-corrected chi connectivity index (χ1v) is 18.5. The number of tetrazole rings is 1. The third-order valence-corrected chi connectivity index (χ3v) is 10.6. The Morgan fingerprint density at radius 3 is 2.67 bits per heavy atom. The first kappa shape index (κ1) is 34.0. The molecule has 1 atom stereocenters. The summed E-state index contributed by atoms with van der Waals surface area (Å²) in [6.07, 6.45) is 8.95. The molecule has 258 valence electrons. The van der Waals surface area contributed by atoms with E-state index in [0.717, 1.165) is 57.6 Å². The van der Waals surface area contributed by atoms with Gasteiger partial charge in [-0.05, 0) is 61.2 Å². The third-order valence-electron chi connectivity index (χ3n) is 8.67. The lowest BCUT2D eigenvalue weighted by Crippen LogP contribution is -2.45. The predicted molar refractivity (Wildman–Crippen MR) is 179 cm³/mol. The van der Waals surface area contributed by atoms with E-state index in [2.05, 4.69) is 30.7 Å². The van der Waals surface area contributed by atoms with Crippen LogP contribution in [0.15, 0.2) is 43.0 Å². The van der Waals surface area contributed by atoms with Crippen molar-refractivity contribution < 1.29 is 22.6 Å². The topological polar surface area (TPSA) is 164 Å². The van der Waals surface area contributed by atoms with Crippen LogP contribution in [0, 0.1) is 0 Å². The van der Waals surface area contributed by atoms with Gasteiger partial charge in [-0.1, -0.05) is 24.6 Å². The van der Waals surface area contributed by atoms with Gasteiger partial charge in [-0.15, -0.1) is 10.2 Å².